The molecule has 0 aromatic carbocycles. The summed E-state index contributed by atoms with van der Waals surface area (Å²) in [6.07, 6.45) is 4.61. The summed E-state index contributed by atoms with van der Waals surface area (Å²) in [6, 6.07) is 0. The number of aliphatic hydroxyl groups excluding tert-OH is 1. The van der Waals surface area contributed by atoms with Crippen LogP contribution in [0.2, 0.25) is 0 Å². The third-order valence-corrected chi connectivity index (χ3v) is 2.66. The minimum Gasteiger partial charge on any atom is -0.393 e. The molecule has 1 heterocycles. The van der Waals surface area contributed by atoms with Crippen LogP contribution in [0.15, 0.2) is 0 Å². The Labute approximate surface area is 74.9 Å². The van der Waals surface area contributed by atoms with Gasteiger partial charge < -0.3 is 9.84 Å². The second kappa shape index (κ2) is 4.83. The molecule has 1 aliphatic heterocycles. The van der Waals surface area contributed by atoms with E-state index in [4.69, 9.17) is 4.74 Å². The first-order chi connectivity index (χ1) is 5.74. The van der Waals surface area contributed by atoms with E-state index in [1.54, 1.807) is 0 Å². The maximum absolute atomic E-state index is 9.29. The normalized spacial score (nSPS) is 26.8. The van der Waals surface area contributed by atoms with Gasteiger partial charge in [-0.2, -0.15) is 0 Å². The first-order valence-electron chi connectivity index (χ1n) is 5.03. The smallest absolute Gasteiger partial charge is 0.0835 e. The third kappa shape index (κ3) is 3.55. The Morgan fingerprint density at radius 2 is 2.17 bits per heavy atom. The molecule has 2 heteroatoms. The summed E-state index contributed by atoms with van der Waals surface area (Å²) in [4.78, 5) is 0. The van der Waals surface area contributed by atoms with Gasteiger partial charge in [0, 0.05) is 0 Å². The van der Waals surface area contributed by atoms with E-state index in [0.717, 1.165) is 25.9 Å². The molecule has 0 bridgehead atoms. The second-order valence-corrected chi connectivity index (χ2v) is 3.84. The molecule has 12 heavy (non-hydrogen) atoms. The summed E-state index contributed by atoms with van der Waals surface area (Å²) in [5.74, 6) is 0.689. The molecule has 0 saturated carbocycles. The highest BCUT2D eigenvalue weighted by molar-refractivity contribution is 4.75. The van der Waals surface area contributed by atoms with Crippen molar-refractivity contribution in [3.8, 4) is 0 Å². The lowest BCUT2D eigenvalue weighted by atomic mass is 9.99. The van der Waals surface area contributed by atoms with E-state index in [9.17, 15) is 5.11 Å². The van der Waals surface area contributed by atoms with E-state index in [2.05, 4.69) is 6.92 Å². The van der Waals surface area contributed by atoms with Crippen molar-refractivity contribution in [3.05, 3.63) is 0 Å². The molecule has 0 spiro atoms. The first kappa shape index (κ1) is 10.0. The van der Waals surface area contributed by atoms with Crippen molar-refractivity contribution in [2.75, 3.05) is 6.61 Å². The Morgan fingerprint density at radius 3 is 2.67 bits per heavy atom. The van der Waals surface area contributed by atoms with E-state index < -0.39 is 0 Å². The van der Waals surface area contributed by atoms with Crippen LogP contribution in [-0.4, -0.2) is 23.9 Å². The predicted octanol–water partition coefficient (Wildman–Crippen LogP) is 1.96. The van der Waals surface area contributed by atoms with Crippen molar-refractivity contribution in [1.82, 2.24) is 0 Å². The van der Waals surface area contributed by atoms with Gasteiger partial charge >= 0.3 is 0 Å². The number of aliphatic hydroxyl groups is 1. The Morgan fingerprint density at radius 1 is 1.50 bits per heavy atom. The lowest BCUT2D eigenvalue weighted by molar-refractivity contribution is 0.153. The fourth-order valence-electron chi connectivity index (χ4n) is 1.45. The van der Waals surface area contributed by atoms with Gasteiger partial charge in [-0.1, -0.05) is 20.3 Å². The number of ether oxygens (including phenoxy) is 1. The van der Waals surface area contributed by atoms with Crippen molar-refractivity contribution in [2.45, 2.75) is 51.7 Å². The fourth-order valence-corrected chi connectivity index (χ4v) is 1.45. The van der Waals surface area contributed by atoms with Crippen LogP contribution in [0.25, 0.3) is 0 Å². The highest BCUT2D eigenvalue weighted by Crippen LogP contribution is 2.24. The summed E-state index contributed by atoms with van der Waals surface area (Å²) < 4.78 is 5.19. The summed E-state index contributed by atoms with van der Waals surface area (Å²) in [5, 5.41) is 9.29. The van der Waals surface area contributed by atoms with Crippen molar-refractivity contribution >= 4 is 0 Å². The number of hydrogen-bond donors (Lipinski definition) is 1. The highest BCUT2D eigenvalue weighted by atomic mass is 16.6. The Kier molecular flexibility index (Phi) is 4.02. The van der Waals surface area contributed by atoms with Crippen LogP contribution in [0.1, 0.15) is 39.5 Å². The maximum Gasteiger partial charge on any atom is 0.0835 e. The van der Waals surface area contributed by atoms with E-state index in [-0.39, 0.29) is 6.10 Å². The molecule has 0 radical (unpaired) electrons. The summed E-state index contributed by atoms with van der Waals surface area (Å²) in [5.41, 5.74) is 0. The molecular weight excluding hydrogens is 152 g/mol. The minimum absolute atomic E-state index is 0.0858. The van der Waals surface area contributed by atoms with E-state index >= 15 is 0 Å². The molecule has 1 N–H and O–H groups in total. The summed E-state index contributed by atoms with van der Waals surface area (Å²) in [7, 11) is 0. The van der Waals surface area contributed by atoms with Gasteiger partial charge in [-0.15, -0.1) is 0 Å². The molecule has 3 unspecified atom stereocenters. The molecule has 0 aromatic heterocycles. The molecule has 1 saturated heterocycles. The molecule has 2 nitrogen and oxygen atoms in total. The van der Waals surface area contributed by atoms with Crippen LogP contribution in [0.4, 0.5) is 0 Å². The molecule has 3 atom stereocenters. The molecule has 1 fully saturated rings. The molecular formula is C10H20O2. The van der Waals surface area contributed by atoms with E-state index in [0.29, 0.717) is 12.0 Å². The van der Waals surface area contributed by atoms with Gasteiger partial charge in [0.05, 0.1) is 18.8 Å². The van der Waals surface area contributed by atoms with Gasteiger partial charge in [-0.25, -0.2) is 0 Å². The zero-order valence-electron chi connectivity index (χ0n) is 8.12. The third-order valence-electron chi connectivity index (χ3n) is 2.66. The monoisotopic (exact) mass is 172 g/mol. The van der Waals surface area contributed by atoms with Crippen molar-refractivity contribution in [2.24, 2.45) is 5.92 Å². The Hall–Kier alpha value is -0.0800. The number of epoxide rings is 1. The predicted molar refractivity (Wildman–Crippen MR) is 49.1 cm³/mol. The lowest BCUT2D eigenvalue weighted by Crippen LogP contribution is -2.07. The first-order valence-corrected chi connectivity index (χ1v) is 5.03. The number of rotatable bonds is 6. The van der Waals surface area contributed by atoms with Gasteiger partial charge in [0.25, 0.3) is 0 Å². The molecule has 0 aliphatic carbocycles. The molecule has 1 rings (SSSR count). The zero-order chi connectivity index (χ0) is 8.97. The van der Waals surface area contributed by atoms with Gasteiger partial charge in [0.2, 0.25) is 0 Å². The minimum atomic E-state index is -0.0858. The van der Waals surface area contributed by atoms with E-state index in [1.165, 1.54) is 6.42 Å². The van der Waals surface area contributed by atoms with Gasteiger partial charge in [0.1, 0.15) is 0 Å². The summed E-state index contributed by atoms with van der Waals surface area (Å²) >= 11 is 0. The van der Waals surface area contributed by atoms with Crippen LogP contribution >= 0.6 is 0 Å². The average molecular weight is 172 g/mol. The highest BCUT2D eigenvalue weighted by Gasteiger charge is 2.28. The van der Waals surface area contributed by atoms with Gasteiger partial charge in [-0.05, 0) is 25.2 Å². The van der Waals surface area contributed by atoms with Crippen molar-refractivity contribution in [3.63, 3.8) is 0 Å². The maximum atomic E-state index is 9.29. The SMILES string of the molecule is CCC(O)CCCC(C)C1CO1. The van der Waals surface area contributed by atoms with Crippen LogP contribution in [0, 0.1) is 5.92 Å². The van der Waals surface area contributed by atoms with Crippen molar-refractivity contribution < 1.29 is 9.84 Å². The van der Waals surface area contributed by atoms with Crippen molar-refractivity contribution in [1.29, 1.82) is 0 Å². The quantitative estimate of drug-likeness (QED) is 0.621. The average Bonchev–Trinajstić information content (AvgIpc) is 2.86. The van der Waals surface area contributed by atoms with Crippen LogP contribution in [-0.2, 0) is 4.74 Å². The summed E-state index contributed by atoms with van der Waals surface area (Å²) in [6.45, 7) is 5.21. The fraction of sp³-hybridized carbons (Fsp3) is 1.00. The van der Waals surface area contributed by atoms with Crippen LogP contribution < -0.4 is 0 Å². The standard InChI is InChI=1S/C10H20O2/c1-3-9(11)6-4-5-8(2)10-7-12-10/h8-11H,3-7H2,1-2H3. The van der Waals surface area contributed by atoms with Gasteiger partial charge in [0.15, 0.2) is 0 Å². The largest absolute Gasteiger partial charge is 0.393 e. The lowest BCUT2D eigenvalue weighted by Gasteiger charge is -2.10. The Balaban J connectivity index is 1.93. The second-order valence-electron chi connectivity index (χ2n) is 3.84. The molecule has 1 aliphatic rings. The van der Waals surface area contributed by atoms with Gasteiger partial charge in [-0.3, -0.25) is 0 Å². The Bertz CT molecular complexity index is 121. The van der Waals surface area contributed by atoms with Crippen LogP contribution in [0.5, 0.6) is 0 Å². The zero-order valence-corrected chi connectivity index (χ0v) is 8.12. The number of hydrogen-bond acceptors (Lipinski definition) is 2. The molecule has 72 valence electrons. The van der Waals surface area contributed by atoms with E-state index in [1.807, 2.05) is 6.92 Å². The molecule has 0 amide bonds. The topological polar surface area (TPSA) is 32.8 Å². The molecule has 0 aromatic rings. The van der Waals surface area contributed by atoms with Crippen LogP contribution in [0.3, 0.4) is 0 Å².